The van der Waals surface area contributed by atoms with E-state index in [0.717, 1.165) is 11.2 Å². The zero-order valence-corrected chi connectivity index (χ0v) is 28.4. The van der Waals surface area contributed by atoms with Crippen LogP contribution in [0.2, 0.25) is 0 Å². The molecule has 1 aliphatic carbocycles. The summed E-state index contributed by atoms with van der Waals surface area (Å²) in [5, 5.41) is 7.37. The predicted octanol–water partition coefficient (Wildman–Crippen LogP) is 13.5. The molecule has 0 radical (unpaired) electrons. The molecule has 0 spiro atoms. The summed E-state index contributed by atoms with van der Waals surface area (Å²) >= 11 is 0. The van der Waals surface area contributed by atoms with Gasteiger partial charge in [0.25, 0.3) is 0 Å². The number of nitrogens with zero attached hydrogens (tertiary/aromatic N) is 1. The summed E-state index contributed by atoms with van der Waals surface area (Å²) in [6, 6.07) is 59.9. The van der Waals surface area contributed by atoms with Gasteiger partial charge < -0.3 is 8.98 Å². The highest BCUT2D eigenvalue weighted by atomic mass is 16.3. The molecule has 0 fully saturated rings. The summed E-state index contributed by atoms with van der Waals surface area (Å²) in [5.41, 5.74) is 15.4. The van der Waals surface area contributed by atoms with Crippen LogP contribution in [0.5, 0.6) is 0 Å². The SMILES string of the molecule is CC1(C)c2cc(-n3c4ccc(-c5ccccc5)cc4c4cc(-c5cccc6ccccc56)ccc43)ccc2-c2c1ccc1c2oc2ccccc21. The van der Waals surface area contributed by atoms with Crippen LogP contribution in [0.15, 0.2) is 168 Å². The first-order valence-corrected chi connectivity index (χ1v) is 17.8. The van der Waals surface area contributed by atoms with Gasteiger partial charge in [0.2, 0.25) is 0 Å². The lowest BCUT2D eigenvalue weighted by atomic mass is 9.82. The fraction of sp³-hybridized carbons (Fsp3) is 0.0612. The Morgan fingerprint density at radius 2 is 1.16 bits per heavy atom. The third kappa shape index (κ3) is 3.99. The number of aromatic nitrogens is 1. The monoisotopic (exact) mass is 651 g/mol. The molecule has 51 heavy (non-hydrogen) atoms. The average molecular weight is 652 g/mol. The first-order chi connectivity index (χ1) is 25.0. The van der Waals surface area contributed by atoms with Gasteiger partial charge >= 0.3 is 0 Å². The highest BCUT2D eigenvalue weighted by Gasteiger charge is 2.38. The van der Waals surface area contributed by atoms with Gasteiger partial charge in [-0.1, -0.05) is 135 Å². The van der Waals surface area contributed by atoms with E-state index in [2.05, 4.69) is 182 Å². The second-order valence-electron chi connectivity index (χ2n) is 14.5. The molecule has 0 unspecified atom stereocenters. The molecule has 1 aliphatic rings. The van der Waals surface area contributed by atoms with Crippen molar-refractivity contribution in [2.24, 2.45) is 0 Å². The molecule has 0 amide bonds. The van der Waals surface area contributed by atoms with Crippen molar-refractivity contribution in [1.82, 2.24) is 4.57 Å². The normalized spacial score (nSPS) is 13.5. The lowest BCUT2D eigenvalue weighted by Crippen LogP contribution is -2.15. The minimum Gasteiger partial charge on any atom is -0.455 e. The van der Waals surface area contributed by atoms with E-state index in [0.29, 0.717) is 0 Å². The topological polar surface area (TPSA) is 18.1 Å². The Balaban J connectivity index is 1.15. The summed E-state index contributed by atoms with van der Waals surface area (Å²) in [4.78, 5) is 0. The van der Waals surface area contributed by atoms with Crippen LogP contribution in [0.1, 0.15) is 25.0 Å². The van der Waals surface area contributed by atoms with E-state index >= 15 is 0 Å². The Hall–Kier alpha value is -6.38. The Kier molecular flexibility index (Phi) is 5.76. The van der Waals surface area contributed by atoms with E-state index in [-0.39, 0.29) is 5.41 Å². The summed E-state index contributed by atoms with van der Waals surface area (Å²) < 4.78 is 9.04. The van der Waals surface area contributed by atoms with Crippen molar-refractivity contribution in [3.05, 3.63) is 175 Å². The number of rotatable bonds is 3. The number of hydrogen-bond acceptors (Lipinski definition) is 1. The average Bonchev–Trinajstić information content (AvgIpc) is 3.79. The minimum absolute atomic E-state index is 0.186. The molecule has 0 aliphatic heterocycles. The minimum atomic E-state index is -0.186. The van der Waals surface area contributed by atoms with Gasteiger partial charge in [-0.15, -0.1) is 0 Å². The lowest BCUT2D eigenvalue weighted by molar-refractivity contribution is 0.653. The van der Waals surface area contributed by atoms with Crippen LogP contribution in [0, 0.1) is 0 Å². The van der Waals surface area contributed by atoms with Crippen LogP contribution in [0.3, 0.4) is 0 Å². The van der Waals surface area contributed by atoms with Gasteiger partial charge in [-0.3, -0.25) is 0 Å². The summed E-state index contributed by atoms with van der Waals surface area (Å²) in [6.07, 6.45) is 0. The van der Waals surface area contributed by atoms with Crippen LogP contribution in [0.4, 0.5) is 0 Å². The Labute approximate surface area is 295 Å². The van der Waals surface area contributed by atoms with Crippen molar-refractivity contribution >= 4 is 54.5 Å². The largest absolute Gasteiger partial charge is 0.455 e. The molecule has 11 rings (SSSR count). The molecule has 0 atom stereocenters. The van der Waals surface area contributed by atoms with Crippen LogP contribution in [-0.4, -0.2) is 4.57 Å². The molecular formula is C49H33NO. The maximum Gasteiger partial charge on any atom is 0.143 e. The number of hydrogen-bond donors (Lipinski definition) is 0. The van der Waals surface area contributed by atoms with Crippen molar-refractivity contribution in [1.29, 1.82) is 0 Å². The van der Waals surface area contributed by atoms with Gasteiger partial charge in [0.15, 0.2) is 0 Å². The molecule has 240 valence electrons. The standard InChI is InChI=1S/C49H33NO/c1-49(2)42-24-23-38-37-16-8-9-18-46(37)51-48(38)47(42)39-22-21-34(29-43(39)49)50-44-25-19-32(30-11-4-3-5-12-30)27-40(44)41-28-33(20-26-45(41)50)36-17-10-14-31-13-6-7-15-35(31)36/h3-29H,1-2H3. The third-order valence-corrected chi connectivity index (χ3v) is 11.4. The molecule has 0 bridgehead atoms. The number of para-hydroxylation sites is 1. The zero-order valence-electron chi connectivity index (χ0n) is 28.4. The first kappa shape index (κ1) is 28.5. The van der Waals surface area contributed by atoms with E-state index in [4.69, 9.17) is 4.42 Å². The first-order valence-electron chi connectivity index (χ1n) is 17.8. The van der Waals surface area contributed by atoms with E-state index < -0.39 is 0 Å². The number of benzene rings is 8. The van der Waals surface area contributed by atoms with Crippen LogP contribution >= 0.6 is 0 Å². The molecule has 2 aromatic heterocycles. The summed E-state index contributed by atoms with van der Waals surface area (Å²) in [6.45, 7) is 4.70. The molecule has 2 nitrogen and oxygen atoms in total. The second kappa shape index (κ2) is 10.3. The fourth-order valence-electron chi connectivity index (χ4n) is 8.88. The van der Waals surface area contributed by atoms with E-state index in [1.54, 1.807) is 0 Å². The maximum atomic E-state index is 6.58. The van der Waals surface area contributed by atoms with Crippen molar-refractivity contribution in [2.45, 2.75) is 19.3 Å². The molecule has 8 aromatic carbocycles. The van der Waals surface area contributed by atoms with Crippen molar-refractivity contribution in [3.8, 4) is 39.1 Å². The lowest BCUT2D eigenvalue weighted by Gasteiger charge is -2.22. The van der Waals surface area contributed by atoms with E-state index in [9.17, 15) is 0 Å². The van der Waals surface area contributed by atoms with Crippen molar-refractivity contribution < 1.29 is 4.42 Å². The fourth-order valence-corrected chi connectivity index (χ4v) is 8.88. The van der Waals surface area contributed by atoms with Gasteiger partial charge in [-0.05, 0) is 92.2 Å². The van der Waals surface area contributed by atoms with Crippen LogP contribution in [0.25, 0.3) is 93.6 Å². The summed E-state index contributed by atoms with van der Waals surface area (Å²) in [7, 11) is 0. The van der Waals surface area contributed by atoms with E-state index in [1.165, 1.54) is 93.5 Å². The second-order valence-corrected chi connectivity index (χ2v) is 14.5. The van der Waals surface area contributed by atoms with Gasteiger partial charge in [-0.2, -0.15) is 0 Å². The molecule has 10 aromatic rings. The molecule has 0 saturated heterocycles. The Bertz CT molecular complexity index is 3040. The van der Waals surface area contributed by atoms with Gasteiger partial charge in [0.1, 0.15) is 11.2 Å². The Morgan fingerprint density at radius 3 is 2.00 bits per heavy atom. The highest BCUT2D eigenvalue weighted by Crippen LogP contribution is 2.53. The Morgan fingerprint density at radius 1 is 0.451 bits per heavy atom. The molecule has 2 heteroatoms. The smallest absolute Gasteiger partial charge is 0.143 e. The van der Waals surface area contributed by atoms with Gasteiger partial charge in [0.05, 0.1) is 11.0 Å². The zero-order chi connectivity index (χ0) is 33.8. The van der Waals surface area contributed by atoms with Gasteiger partial charge in [-0.25, -0.2) is 0 Å². The molecule has 2 heterocycles. The quantitative estimate of drug-likeness (QED) is 0.186. The summed E-state index contributed by atoms with van der Waals surface area (Å²) in [5.74, 6) is 0. The maximum absolute atomic E-state index is 6.58. The number of fused-ring (bicyclic) bond motifs is 11. The van der Waals surface area contributed by atoms with Crippen molar-refractivity contribution in [2.75, 3.05) is 0 Å². The molecule has 0 N–H and O–H groups in total. The third-order valence-electron chi connectivity index (χ3n) is 11.4. The van der Waals surface area contributed by atoms with Crippen LogP contribution in [-0.2, 0) is 5.41 Å². The van der Waals surface area contributed by atoms with Crippen molar-refractivity contribution in [3.63, 3.8) is 0 Å². The van der Waals surface area contributed by atoms with E-state index in [1.807, 2.05) is 0 Å². The number of furan rings is 1. The molecule has 0 saturated carbocycles. The van der Waals surface area contributed by atoms with Gasteiger partial charge in [0, 0.05) is 38.2 Å². The highest BCUT2D eigenvalue weighted by molar-refractivity contribution is 6.14. The molecular weight excluding hydrogens is 619 g/mol. The van der Waals surface area contributed by atoms with Crippen LogP contribution < -0.4 is 0 Å². The predicted molar refractivity (Wildman–Crippen MR) is 214 cm³/mol.